The Labute approximate surface area is 108 Å². The Bertz CT molecular complexity index is 304. The normalized spacial score (nSPS) is 26.9. The minimum absolute atomic E-state index is 0.342. The molecule has 1 aliphatic carbocycles. The van der Waals surface area contributed by atoms with Crippen molar-refractivity contribution in [3.05, 3.63) is 22.4 Å². The molecule has 96 valence electrons. The van der Waals surface area contributed by atoms with Gasteiger partial charge < -0.3 is 10.4 Å². The van der Waals surface area contributed by atoms with Gasteiger partial charge in [0.2, 0.25) is 0 Å². The first-order chi connectivity index (χ1) is 8.29. The van der Waals surface area contributed by atoms with Gasteiger partial charge in [0.05, 0.1) is 6.10 Å². The molecule has 3 heteroatoms. The van der Waals surface area contributed by atoms with Crippen LogP contribution in [0.1, 0.15) is 50.7 Å². The Morgan fingerprint density at radius 2 is 2.18 bits per heavy atom. The highest BCUT2D eigenvalue weighted by Crippen LogP contribution is 2.26. The van der Waals surface area contributed by atoms with Crippen LogP contribution in [0.4, 0.5) is 0 Å². The van der Waals surface area contributed by atoms with Crippen LogP contribution in [-0.4, -0.2) is 17.7 Å². The summed E-state index contributed by atoms with van der Waals surface area (Å²) in [7, 11) is 0. The first-order valence-electron chi connectivity index (χ1n) is 6.73. The van der Waals surface area contributed by atoms with Gasteiger partial charge in [-0.25, -0.2) is 0 Å². The highest BCUT2D eigenvalue weighted by atomic mass is 32.1. The van der Waals surface area contributed by atoms with Crippen molar-refractivity contribution in [2.45, 2.75) is 51.2 Å². The van der Waals surface area contributed by atoms with Crippen molar-refractivity contribution in [1.29, 1.82) is 0 Å². The van der Waals surface area contributed by atoms with Gasteiger partial charge in [0, 0.05) is 12.6 Å². The van der Waals surface area contributed by atoms with Crippen molar-refractivity contribution < 1.29 is 5.11 Å². The van der Waals surface area contributed by atoms with Gasteiger partial charge in [-0.15, -0.1) is 0 Å². The van der Waals surface area contributed by atoms with Gasteiger partial charge in [-0.2, -0.15) is 11.3 Å². The summed E-state index contributed by atoms with van der Waals surface area (Å²) in [6.07, 6.45) is 6.23. The van der Waals surface area contributed by atoms with E-state index < -0.39 is 0 Å². The van der Waals surface area contributed by atoms with Gasteiger partial charge in [0.15, 0.2) is 0 Å². The molecule has 2 N–H and O–H groups in total. The van der Waals surface area contributed by atoms with Gasteiger partial charge >= 0.3 is 0 Å². The van der Waals surface area contributed by atoms with E-state index in [0.29, 0.717) is 12.6 Å². The molecule has 0 bridgehead atoms. The molecule has 0 saturated heterocycles. The number of hydrogen-bond acceptors (Lipinski definition) is 3. The molecule has 1 aromatic rings. The molecule has 1 aliphatic rings. The zero-order chi connectivity index (χ0) is 12.1. The van der Waals surface area contributed by atoms with Crippen LogP contribution in [0.15, 0.2) is 16.8 Å². The number of nitrogens with one attached hydrogen (secondary N) is 1. The van der Waals surface area contributed by atoms with Gasteiger partial charge in [0.25, 0.3) is 0 Å². The fourth-order valence-electron chi connectivity index (χ4n) is 2.64. The average molecular weight is 253 g/mol. The highest BCUT2D eigenvalue weighted by molar-refractivity contribution is 7.07. The fourth-order valence-corrected chi connectivity index (χ4v) is 3.34. The third-order valence-electron chi connectivity index (χ3n) is 3.95. The summed E-state index contributed by atoms with van der Waals surface area (Å²) >= 11 is 1.64. The molecule has 1 fully saturated rings. The summed E-state index contributed by atoms with van der Waals surface area (Å²) in [6, 6.07) is 2.62. The van der Waals surface area contributed by atoms with Crippen LogP contribution in [-0.2, 0) is 0 Å². The first-order valence-corrected chi connectivity index (χ1v) is 7.67. The third-order valence-corrected chi connectivity index (χ3v) is 4.65. The van der Waals surface area contributed by atoms with Crippen LogP contribution < -0.4 is 5.32 Å². The Hall–Kier alpha value is -0.380. The highest BCUT2D eigenvalue weighted by Gasteiger charge is 2.20. The smallest absolute Gasteiger partial charge is 0.0922 e. The number of thiophene rings is 1. The van der Waals surface area contributed by atoms with Crippen molar-refractivity contribution >= 4 is 11.3 Å². The molecule has 0 aromatic carbocycles. The molecule has 1 aromatic heterocycles. The predicted octanol–water partition coefficient (Wildman–Crippen LogP) is 3.34. The van der Waals surface area contributed by atoms with Crippen LogP contribution in [0.25, 0.3) is 0 Å². The standard InChI is InChI=1S/C14H23NOS/c1-2-11-3-5-13(6-4-11)15-9-14(16)12-7-8-17-10-12/h7-8,10-11,13-16H,2-6,9H2,1H3. The SMILES string of the molecule is CCC1CCC(NCC(O)c2ccsc2)CC1. The minimum atomic E-state index is -0.342. The molecule has 2 rings (SSSR count). The van der Waals surface area contributed by atoms with E-state index in [4.69, 9.17) is 0 Å². The summed E-state index contributed by atoms with van der Waals surface area (Å²) in [5.74, 6) is 0.940. The average Bonchev–Trinajstić information content (AvgIpc) is 2.90. The van der Waals surface area contributed by atoms with Crippen molar-refractivity contribution in [3.8, 4) is 0 Å². The van der Waals surface area contributed by atoms with Crippen molar-refractivity contribution in [3.63, 3.8) is 0 Å². The molecular weight excluding hydrogens is 230 g/mol. The van der Waals surface area contributed by atoms with E-state index in [0.717, 1.165) is 11.5 Å². The quantitative estimate of drug-likeness (QED) is 0.843. The second kappa shape index (κ2) is 6.53. The molecule has 17 heavy (non-hydrogen) atoms. The van der Waals surface area contributed by atoms with E-state index in [2.05, 4.69) is 12.2 Å². The monoisotopic (exact) mass is 253 g/mol. The van der Waals surface area contributed by atoms with Crippen LogP contribution in [0.3, 0.4) is 0 Å². The third kappa shape index (κ3) is 3.80. The van der Waals surface area contributed by atoms with Crippen molar-refractivity contribution in [1.82, 2.24) is 5.32 Å². The van der Waals surface area contributed by atoms with Gasteiger partial charge in [-0.3, -0.25) is 0 Å². The molecule has 0 amide bonds. The molecule has 1 unspecified atom stereocenters. The lowest BCUT2D eigenvalue weighted by atomic mass is 9.84. The molecule has 0 aliphatic heterocycles. The second-order valence-electron chi connectivity index (χ2n) is 5.11. The minimum Gasteiger partial charge on any atom is -0.387 e. The maximum absolute atomic E-state index is 9.98. The van der Waals surface area contributed by atoms with Gasteiger partial charge in [-0.1, -0.05) is 13.3 Å². The van der Waals surface area contributed by atoms with E-state index in [9.17, 15) is 5.11 Å². The topological polar surface area (TPSA) is 32.3 Å². The number of aliphatic hydroxyl groups is 1. The lowest BCUT2D eigenvalue weighted by Gasteiger charge is -2.29. The fraction of sp³-hybridized carbons (Fsp3) is 0.714. The maximum atomic E-state index is 9.98. The molecule has 0 radical (unpaired) electrons. The van der Waals surface area contributed by atoms with E-state index >= 15 is 0 Å². The number of hydrogen-bond donors (Lipinski definition) is 2. The molecule has 0 spiro atoms. The van der Waals surface area contributed by atoms with Crippen LogP contribution in [0, 0.1) is 5.92 Å². The Morgan fingerprint density at radius 3 is 2.76 bits per heavy atom. The molecule has 1 heterocycles. The Balaban J connectivity index is 1.69. The lowest BCUT2D eigenvalue weighted by Crippen LogP contribution is -2.35. The summed E-state index contributed by atoms with van der Waals surface area (Å²) in [4.78, 5) is 0. The maximum Gasteiger partial charge on any atom is 0.0922 e. The van der Waals surface area contributed by atoms with E-state index in [1.165, 1.54) is 32.1 Å². The summed E-state index contributed by atoms with van der Waals surface area (Å²) in [5, 5.41) is 17.5. The van der Waals surface area contributed by atoms with Gasteiger partial charge in [0.1, 0.15) is 0 Å². The Morgan fingerprint density at radius 1 is 1.41 bits per heavy atom. The van der Waals surface area contributed by atoms with Crippen LogP contribution >= 0.6 is 11.3 Å². The first kappa shape index (κ1) is 13.1. The molecule has 2 nitrogen and oxygen atoms in total. The lowest BCUT2D eigenvalue weighted by molar-refractivity contribution is 0.162. The van der Waals surface area contributed by atoms with Crippen molar-refractivity contribution in [2.24, 2.45) is 5.92 Å². The van der Waals surface area contributed by atoms with Crippen LogP contribution in [0.5, 0.6) is 0 Å². The molecular formula is C14H23NOS. The zero-order valence-corrected chi connectivity index (χ0v) is 11.4. The van der Waals surface area contributed by atoms with E-state index in [1.807, 2.05) is 16.8 Å². The van der Waals surface area contributed by atoms with E-state index in [-0.39, 0.29) is 6.10 Å². The van der Waals surface area contributed by atoms with E-state index in [1.54, 1.807) is 11.3 Å². The summed E-state index contributed by atoms with van der Waals surface area (Å²) in [6.45, 7) is 2.98. The summed E-state index contributed by atoms with van der Waals surface area (Å²) in [5.41, 5.74) is 1.05. The van der Waals surface area contributed by atoms with Gasteiger partial charge in [-0.05, 0) is 54.0 Å². The second-order valence-corrected chi connectivity index (χ2v) is 5.89. The van der Waals surface area contributed by atoms with Crippen molar-refractivity contribution in [2.75, 3.05) is 6.54 Å². The number of rotatable bonds is 5. The molecule has 1 saturated carbocycles. The molecule has 1 atom stereocenters. The Kier molecular flexibility index (Phi) is 5.01. The summed E-state index contributed by atoms with van der Waals surface area (Å²) < 4.78 is 0. The zero-order valence-electron chi connectivity index (χ0n) is 10.6. The van der Waals surface area contributed by atoms with Crippen LogP contribution in [0.2, 0.25) is 0 Å². The number of aliphatic hydroxyl groups excluding tert-OH is 1. The predicted molar refractivity (Wildman–Crippen MR) is 73.3 cm³/mol. The largest absolute Gasteiger partial charge is 0.387 e.